The Labute approximate surface area is 129 Å². The fraction of sp³-hybridized carbons (Fsp3) is 0.533. The zero-order valence-corrected chi connectivity index (χ0v) is 13.5. The second kappa shape index (κ2) is 9.39. The first-order valence-corrected chi connectivity index (χ1v) is 8.32. The molecule has 2 unspecified atom stereocenters. The predicted octanol–water partition coefficient (Wildman–Crippen LogP) is 1.67. The van der Waals surface area contributed by atoms with Gasteiger partial charge in [0.2, 0.25) is 5.91 Å². The molecule has 2 atom stereocenters. The summed E-state index contributed by atoms with van der Waals surface area (Å²) in [5, 5.41) is 2.79. The SMILES string of the molecule is CCOC(=O)C(Cc1ccncc1)NC(=O)C(C)CSC. The smallest absolute Gasteiger partial charge is 0.328 e. The van der Waals surface area contributed by atoms with Crippen molar-refractivity contribution in [2.24, 2.45) is 5.92 Å². The number of carbonyl (C=O) groups is 2. The number of esters is 1. The molecule has 0 spiro atoms. The molecule has 1 amide bonds. The molecule has 0 aliphatic carbocycles. The van der Waals surface area contributed by atoms with E-state index in [1.54, 1.807) is 31.1 Å². The molecule has 1 N–H and O–H groups in total. The molecular formula is C15H22N2O3S. The third-order valence-electron chi connectivity index (χ3n) is 2.94. The quantitative estimate of drug-likeness (QED) is 0.740. The number of hydrogen-bond donors (Lipinski definition) is 1. The van der Waals surface area contributed by atoms with Crippen molar-refractivity contribution in [3.05, 3.63) is 30.1 Å². The number of aromatic nitrogens is 1. The van der Waals surface area contributed by atoms with E-state index >= 15 is 0 Å². The summed E-state index contributed by atoms with van der Waals surface area (Å²) in [6, 6.07) is 2.98. The summed E-state index contributed by atoms with van der Waals surface area (Å²) in [4.78, 5) is 28.0. The van der Waals surface area contributed by atoms with Gasteiger partial charge in [-0.05, 0) is 30.9 Å². The molecule has 0 fully saturated rings. The average molecular weight is 310 g/mol. The zero-order chi connectivity index (χ0) is 15.7. The Kier molecular flexibility index (Phi) is 7.82. The summed E-state index contributed by atoms with van der Waals surface area (Å²) in [5.41, 5.74) is 0.931. The van der Waals surface area contributed by atoms with Gasteiger partial charge < -0.3 is 10.1 Å². The van der Waals surface area contributed by atoms with Gasteiger partial charge in [-0.3, -0.25) is 9.78 Å². The predicted molar refractivity (Wildman–Crippen MR) is 84.1 cm³/mol. The average Bonchev–Trinajstić information content (AvgIpc) is 2.48. The number of nitrogens with one attached hydrogen (secondary N) is 1. The van der Waals surface area contributed by atoms with Crippen molar-refractivity contribution in [2.45, 2.75) is 26.3 Å². The second-order valence-corrected chi connectivity index (χ2v) is 5.64. The van der Waals surface area contributed by atoms with Gasteiger partial charge in [-0.2, -0.15) is 11.8 Å². The lowest BCUT2D eigenvalue weighted by Crippen LogP contribution is -2.45. The number of carbonyl (C=O) groups excluding carboxylic acids is 2. The molecule has 0 aliphatic heterocycles. The number of rotatable bonds is 8. The first-order valence-electron chi connectivity index (χ1n) is 6.93. The summed E-state index contributed by atoms with van der Waals surface area (Å²) in [5.74, 6) is 0.0428. The van der Waals surface area contributed by atoms with Crippen LogP contribution in [0.2, 0.25) is 0 Å². The maximum atomic E-state index is 12.1. The van der Waals surface area contributed by atoms with E-state index in [1.165, 1.54) is 0 Å². The lowest BCUT2D eigenvalue weighted by molar-refractivity contribution is -0.147. The van der Waals surface area contributed by atoms with Crippen molar-refractivity contribution in [1.29, 1.82) is 0 Å². The summed E-state index contributed by atoms with van der Waals surface area (Å²) < 4.78 is 5.04. The Morgan fingerprint density at radius 2 is 2.05 bits per heavy atom. The first kappa shape index (κ1) is 17.5. The highest BCUT2D eigenvalue weighted by Gasteiger charge is 2.24. The Balaban J connectivity index is 2.73. The van der Waals surface area contributed by atoms with E-state index in [0.29, 0.717) is 13.0 Å². The van der Waals surface area contributed by atoms with E-state index in [0.717, 1.165) is 11.3 Å². The minimum Gasteiger partial charge on any atom is -0.464 e. The number of pyridine rings is 1. The molecule has 0 aromatic carbocycles. The van der Waals surface area contributed by atoms with Crippen LogP contribution in [-0.2, 0) is 20.7 Å². The normalized spacial score (nSPS) is 13.3. The number of amides is 1. The highest BCUT2D eigenvalue weighted by molar-refractivity contribution is 7.98. The summed E-state index contributed by atoms with van der Waals surface area (Å²) >= 11 is 1.60. The summed E-state index contributed by atoms with van der Waals surface area (Å²) in [6.45, 7) is 3.89. The van der Waals surface area contributed by atoms with Crippen molar-refractivity contribution in [1.82, 2.24) is 10.3 Å². The molecule has 1 heterocycles. The molecule has 0 saturated heterocycles. The standard InChI is InChI=1S/C15H22N2O3S/c1-4-20-15(19)13(9-12-5-7-16-8-6-12)17-14(18)11(2)10-21-3/h5-8,11,13H,4,9-10H2,1-3H3,(H,17,18). The second-order valence-electron chi connectivity index (χ2n) is 4.73. The van der Waals surface area contributed by atoms with Crippen LogP contribution >= 0.6 is 11.8 Å². The monoisotopic (exact) mass is 310 g/mol. The van der Waals surface area contributed by atoms with Crippen LogP contribution in [0.25, 0.3) is 0 Å². The van der Waals surface area contributed by atoms with E-state index in [4.69, 9.17) is 4.74 Å². The largest absolute Gasteiger partial charge is 0.464 e. The highest BCUT2D eigenvalue weighted by Crippen LogP contribution is 2.08. The molecule has 1 aromatic rings. The van der Waals surface area contributed by atoms with Crippen LogP contribution < -0.4 is 5.32 Å². The van der Waals surface area contributed by atoms with Crippen molar-refractivity contribution in [2.75, 3.05) is 18.6 Å². The number of ether oxygens (including phenoxy) is 1. The van der Waals surface area contributed by atoms with Crippen LogP contribution in [0.4, 0.5) is 0 Å². The number of nitrogens with zero attached hydrogens (tertiary/aromatic N) is 1. The van der Waals surface area contributed by atoms with Gasteiger partial charge in [0.1, 0.15) is 6.04 Å². The van der Waals surface area contributed by atoms with Gasteiger partial charge in [-0.15, -0.1) is 0 Å². The van der Waals surface area contributed by atoms with Gasteiger partial charge in [-0.1, -0.05) is 6.92 Å². The van der Waals surface area contributed by atoms with Crippen LogP contribution in [0.3, 0.4) is 0 Å². The third-order valence-corrected chi connectivity index (χ3v) is 3.77. The van der Waals surface area contributed by atoms with Crippen LogP contribution in [-0.4, -0.2) is 41.5 Å². The topological polar surface area (TPSA) is 68.3 Å². The molecule has 0 bridgehead atoms. The van der Waals surface area contributed by atoms with Crippen LogP contribution in [0, 0.1) is 5.92 Å². The molecule has 0 saturated carbocycles. The van der Waals surface area contributed by atoms with Gasteiger partial charge in [0.05, 0.1) is 6.61 Å². The molecule has 5 nitrogen and oxygen atoms in total. The lowest BCUT2D eigenvalue weighted by atomic mass is 10.1. The van der Waals surface area contributed by atoms with Crippen molar-refractivity contribution in [3.8, 4) is 0 Å². The fourth-order valence-corrected chi connectivity index (χ4v) is 2.48. The van der Waals surface area contributed by atoms with Crippen molar-refractivity contribution < 1.29 is 14.3 Å². The zero-order valence-electron chi connectivity index (χ0n) is 12.7. The molecule has 21 heavy (non-hydrogen) atoms. The van der Waals surface area contributed by atoms with E-state index in [2.05, 4.69) is 10.3 Å². The molecule has 116 valence electrons. The summed E-state index contributed by atoms with van der Waals surface area (Å²) in [7, 11) is 0. The molecule has 0 aliphatic rings. The third kappa shape index (κ3) is 6.16. The maximum Gasteiger partial charge on any atom is 0.328 e. The molecule has 1 aromatic heterocycles. The fourth-order valence-electron chi connectivity index (χ4n) is 1.83. The van der Waals surface area contributed by atoms with Crippen LogP contribution in [0.15, 0.2) is 24.5 Å². The van der Waals surface area contributed by atoms with E-state index < -0.39 is 12.0 Å². The molecule has 1 rings (SSSR count). The first-order chi connectivity index (χ1) is 10.1. The molecular weight excluding hydrogens is 288 g/mol. The van der Waals surface area contributed by atoms with Crippen molar-refractivity contribution >= 4 is 23.6 Å². The van der Waals surface area contributed by atoms with E-state index in [-0.39, 0.29) is 11.8 Å². The Bertz CT molecular complexity index is 453. The van der Waals surface area contributed by atoms with Gasteiger partial charge in [-0.25, -0.2) is 4.79 Å². The van der Waals surface area contributed by atoms with Gasteiger partial charge in [0.15, 0.2) is 0 Å². The number of thioether (sulfide) groups is 1. The maximum absolute atomic E-state index is 12.1. The van der Waals surface area contributed by atoms with Crippen LogP contribution in [0.5, 0.6) is 0 Å². The Morgan fingerprint density at radius 1 is 1.38 bits per heavy atom. The molecule has 6 heteroatoms. The van der Waals surface area contributed by atoms with E-state index in [9.17, 15) is 9.59 Å². The number of hydrogen-bond acceptors (Lipinski definition) is 5. The van der Waals surface area contributed by atoms with Gasteiger partial charge in [0, 0.05) is 30.5 Å². The van der Waals surface area contributed by atoms with E-state index in [1.807, 2.05) is 25.3 Å². The highest BCUT2D eigenvalue weighted by atomic mass is 32.2. The van der Waals surface area contributed by atoms with Crippen molar-refractivity contribution in [3.63, 3.8) is 0 Å². The summed E-state index contributed by atoms with van der Waals surface area (Å²) in [6.07, 6.45) is 5.67. The lowest BCUT2D eigenvalue weighted by Gasteiger charge is -2.19. The molecule has 0 radical (unpaired) electrons. The Hall–Kier alpha value is -1.56. The Morgan fingerprint density at radius 3 is 2.62 bits per heavy atom. The van der Waals surface area contributed by atoms with Gasteiger partial charge >= 0.3 is 5.97 Å². The van der Waals surface area contributed by atoms with Crippen LogP contribution in [0.1, 0.15) is 19.4 Å². The minimum atomic E-state index is -0.663. The van der Waals surface area contributed by atoms with Gasteiger partial charge in [0.25, 0.3) is 0 Å². The minimum absolute atomic E-state index is 0.128.